The van der Waals surface area contributed by atoms with Gasteiger partial charge in [-0.3, -0.25) is 14.5 Å². The number of anilines is 2. The zero-order chi connectivity index (χ0) is 21.3. The Morgan fingerprint density at radius 2 is 1.37 bits per heavy atom. The van der Waals surface area contributed by atoms with Gasteiger partial charge in [0.25, 0.3) is 0 Å². The van der Waals surface area contributed by atoms with Gasteiger partial charge in [-0.05, 0) is 48.9 Å². The number of hydrazone groups is 1. The predicted molar refractivity (Wildman–Crippen MR) is 116 cm³/mol. The van der Waals surface area contributed by atoms with Crippen molar-refractivity contribution in [2.24, 2.45) is 5.10 Å². The highest BCUT2D eigenvalue weighted by molar-refractivity contribution is 6.02. The van der Waals surface area contributed by atoms with Crippen LogP contribution in [0, 0.1) is 5.82 Å². The lowest BCUT2D eigenvalue weighted by Gasteiger charge is -2.23. The molecule has 152 valence electrons. The summed E-state index contributed by atoms with van der Waals surface area (Å²) in [7, 11) is 0. The van der Waals surface area contributed by atoms with Crippen LogP contribution in [-0.2, 0) is 9.59 Å². The maximum absolute atomic E-state index is 13.0. The van der Waals surface area contributed by atoms with Crippen LogP contribution in [0.1, 0.15) is 25.3 Å². The summed E-state index contributed by atoms with van der Waals surface area (Å²) in [6.45, 7) is 1.71. The van der Waals surface area contributed by atoms with Crippen LogP contribution in [-0.4, -0.2) is 17.5 Å². The Morgan fingerprint density at radius 1 is 0.833 bits per heavy atom. The number of benzene rings is 3. The molecule has 3 rings (SSSR count). The number of carbonyl (C=O) groups excluding carboxylic acids is 2. The van der Waals surface area contributed by atoms with Crippen LogP contribution in [0.15, 0.2) is 90.0 Å². The Kier molecular flexibility index (Phi) is 7.05. The van der Waals surface area contributed by atoms with E-state index in [2.05, 4.69) is 10.5 Å². The van der Waals surface area contributed by atoms with Gasteiger partial charge in [-0.15, -0.1) is 0 Å². The molecule has 0 radical (unpaired) electrons. The van der Waals surface area contributed by atoms with Crippen molar-refractivity contribution in [3.8, 4) is 0 Å². The number of nitrogens with one attached hydrogen (secondary N) is 1. The maximum Gasteiger partial charge on any atom is 0.240 e. The first kappa shape index (κ1) is 20.9. The van der Waals surface area contributed by atoms with Crippen molar-refractivity contribution in [2.45, 2.75) is 19.8 Å². The monoisotopic (exact) mass is 403 g/mol. The van der Waals surface area contributed by atoms with Crippen molar-refractivity contribution in [2.75, 3.05) is 4.90 Å². The Balaban J connectivity index is 1.63. The minimum Gasteiger partial charge on any atom is -0.281 e. The average Bonchev–Trinajstić information content (AvgIpc) is 2.78. The third kappa shape index (κ3) is 5.61. The first-order valence-electron chi connectivity index (χ1n) is 9.57. The summed E-state index contributed by atoms with van der Waals surface area (Å²) >= 11 is 0. The van der Waals surface area contributed by atoms with Crippen molar-refractivity contribution < 1.29 is 14.0 Å². The predicted octanol–water partition coefficient (Wildman–Crippen LogP) is 4.81. The number of rotatable bonds is 7. The van der Waals surface area contributed by atoms with Gasteiger partial charge in [0.2, 0.25) is 11.8 Å². The third-order valence-electron chi connectivity index (χ3n) is 4.45. The minimum atomic E-state index is -0.370. The second-order valence-corrected chi connectivity index (χ2v) is 6.64. The molecule has 0 saturated carbocycles. The van der Waals surface area contributed by atoms with Gasteiger partial charge in [-0.25, -0.2) is 9.82 Å². The van der Waals surface area contributed by atoms with Crippen LogP contribution < -0.4 is 10.3 Å². The number of carbonyl (C=O) groups is 2. The topological polar surface area (TPSA) is 61.8 Å². The van der Waals surface area contributed by atoms with Gasteiger partial charge in [0.05, 0.1) is 5.71 Å². The molecule has 0 unspecified atom stereocenters. The minimum absolute atomic E-state index is 0.00476. The van der Waals surface area contributed by atoms with E-state index in [-0.39, 0.29) is 30.5 Å². The van der Waals surface area contributed by atoms with Gasteiger partial charge in [0.1, 0.15) is 5.82 Å². The van der Waals surface area contributed by atoms with E-state index in [4.69, 9.17) is 0 Å². The van der Waals surface area contributed by atoms with Gasteiger partial charge in [0.15, 0.2) is 0 Å². The number of hydrogen-bond donors (Lipinski definition) is 1. The van der Waals surface area contributed by atoms with E-state index in [1.54, 1.807) is 24.0 Å². The first-order chi connectivity index (χ1) is 14.5. The Morgan fingerprint density at radius 3 is 1.90 bits per heavy atom. The van der Waals surface area contributed by atoms with Gasteiger partial charge in [0, 0.05) is 24.2 Å². The molecule has 30 heavy (non-hydrogen) atoms. The van der Waals surface area contributed by atoms with Crippen molar-refractivity contribution in [3.63, 3.8) is 0 Å². The summed E-state index contributed by atoms with van der Waals surface area (Å²) in [5, 5.41) is 4.03. The summed E-state index contributed by atoms with van der Waals surface area (Å²) in [5.41, 5.74) is 5.17. The van der Waals surface area contributed by atoms with E-state index in [1.165, 1.54) is 12.1 Å². The van der Waals surface area contributed by atoms with Gasteiger partial charge >= 0.3 is 0 Å². The van der Waals surface area contributed by atoms with E-state index in [0.717, 1.165) is 11.4 Å². The quantitative estimate of drug-likeness (QED) is 0.455. The normalized spacial score (nSPS) is 11.1. The first-order valence-corrected chi connectivity index (χ1v) is 9.57. The number of amides is 2. The van der Waals surface area contributed by atoms with E-state index in [9.17, 15) is 14.0 Å². The maximum atomic E-state index is 13.0. The van der Waals surface area contributed by atoms with E-state index < -0.39 is 0 Å². The lowest BCUT2D eigenvalue weighted by molar-refractivity contribution is -0.124. The fourth-order valence-corrected chi connectivity index (χ4v) is 2.88. The molecular weight excluding hydrogens is 381 g/mol. The number of hydrogen-bond acceptors (Lipinski definition) is 3. The van der Waals surface area contributed by atoms with Crippen molar-refractivity contribution in [3.05, 3.63) is 96.3 Å². The molecule has 0 heterocycles. The second-order valence-electron chi connectivity index (χ2n) is 6.64. The van der Waals surface area contributed by atoms with E-state index in [1.807, 2.05) is 60.7 Å². The highest BCUT2D eigenvalue weighted by Crippen LogP contribution is 2.26. The molecule has 3 aromatic carbocycles. The molecule has 0 bridgehead atoms. The van der Waals surface area contributed by atoms with Crippen molar-refractivity contribution >= 4 is 28.9 Å². The van der Waals surface area contributed by atoms with Gasteiger partial charge in [-0.2, -0.15) is 5.10 Å². The molecule has 2 amide bonds. The summed E-state index contributed by atoms with van der Waals surface area (Å²) in [6.07, 6.45) is 0.0237. The second kappa shape index (κ2) is 10.1. The lowest BCUT2D eigenvalue weighted by Crippen LogP contribution is -2.28. The highest BCUT2D eigenvalue weighted by atomic mass is 19.1. The average molecular weight is 403 g/mol. The number of nitrogens with zero attached hydrogens (tertiary/aromatic N) is 2. The van der Waals surface area contributed by atoms with Gasteiger partial charge in [-0.1, -0.05) is 48.5 Å². The summed E-state index contributed by atoms with van der Waals surface area (Å²) in [5.74, 6) is -0.900. The van der Waals surface area contributed by atoms with Crippen LogP contribution in [0.4, 0.5) is 15.8 Å². The van der Waals surface area contributed by atoms with Crippen LogP contribution in [0.25, 0.3) is 0 Å². The zero-order valence-corrected chi connectivity index (χ0v) is 16.6. The lowest BCUT2D eigenvalue weighted by atomic mass is 10.1. The molecule has 3 aromatic rings. The fourth-order valence-electron chi connectivity index (χ4n) is 2.88. The van der Waals surface area contributed by atoms with Crippen LogP contribution in [0.5, 0.6) is 0 Å². The molecule has 6 heteroatoms. The molecule has 0 aliphatic carbocycles. The van der Waals surface area contributed by atoms with Gasteiger partial charge < -0.3 is 0 Å². The summed E-state index contributed by atoms with van der Waals surface area (Å²) < 4.78 is 13.0. The SMILES string of the molecule is C/C(=N/NC(=O)CCC(=O)N(c1ccccc1)c1ccccc1)c1ccc(F)cc1. The highest BCUT2D eigenvalue weighted by Gasteiger charge is 2.18. The van der Waals surface area contributed by atoms with Crippen LogP contribution in [0.3, 0.4) is 0 Å². The van der Waals surface area contributed by atoms with Crippen LogP contribution in [0.2, 0.25) is 0 Å². The standard InChI is InChI=1S/C24H22FN3O2/c1-18(19-12-14-20(25)15-13-19)26-27-23(29)16-17-24(30)28(21-8-4-2-5-9-21)22-10-6-3-7-11-22/h2-15H,16-17H2,1H3,(H,27,29)/b26-18-. The van der Waals surface area contributed by atoms with Crippen molar-refractivity contribution in [1.29, 1.82) is 0 Å². The molecule has 0 aliphatic rings. The smallest absolute Gasteiger partial charge is 0.240 e. The number of para-hydroxylation sites is 2. The molecule has 0 fully saturated rings. The fraction of sp³-hybridized carbons (Fsp3) is 0.125. The molecule has 0 spiro atoms. The largest absolute Gasteiger partial charge is 0.281 e. The Bertz CT molecular complexity index is 980. The molecule has 0 atom stereocenters. The van der Waals surface area contributed by atoms with E-state index >= 15 is 0 Å². The number of halogens is 1. The summed E-state index contributed by atoms with van der Waals surface area (Å²) in [4.78, 5) is 26.7. The van der Waals surface area contributed by atoms with Crippen molar-refractivity contribution in [1.82, 2.24) is 5.43 Å². The molecule has 0 aromatic heterocycles. The molecule has 0 aliphatic heterocycles. The Hall–Kier alpha value is -3.80. The third-order valence-corrected chi connectivity index (χ3v) is 4.45. The summed E-state index contributed by atoms with van der Waals surface area (Å²) in [6, 6.07) is 24.4. The molecular formula is C24H22FN3O2. The molecule has 5 nitrogen and oxygen atoms in total. The van der Waals surface area contributed by atoms with E-state index in [0.29, 0.717) is 11.3 Å². The molecule has 1 N–H and O–H groups in total. The Labute approximate surface area is 174 Å². The van der Waals surface area contributed by atoms with Crippen LogP contribution >= 0.6 is 0 Å². The zero-order valence-electron chi connectivity index (χ0n) is 16.6. The molecule has 0 saturated heterocycles.